The average Bonchev–Trinajstić information content (AvgIpc) is 3.27. The largest absolute Gasteiger partial charge is 0.322 e. The van der Waals surface area contributed by atoms with Crippen molar-refractivity contribution in [3.05, 3.63) is 76.6 Å². The number of benzene rings is 2. The minimum Gasteiger partial charge on any atom is -0.322 e. The van der Waals surface area contributed by atoms with Gasteiger partial charge in [-0.1, -0.05) is 47.5 Å². The van der Waals surface area contributed by atoms with Crippen LogP contribution in [0, 0.1) is 27.7 Å². The van der Waals surface area contributed by atoms with E-state index in [1.807, 2.05) is 48.9 Å². The molecular weight excluding hydrogens is 372 g/mol. The molecule has 5 nitrogen and oxygen atoms in total. The Labute approximate surface area is 178 Å². The zero-order chi connectivity index (χ0) is 21.3. The zero-order valence-corrected chi connectivity index (χ0v) is 18.3. The molecule has 4 rings (SSSR count). The topological polar surface area (TPSA) is 50.2 Å². The number of likely N-dealkylation sites (tertiary alicyclic amines) is 1. The van der Waals surface area contributed by atoms with Gasteiger partial charge in [0.05, 0.1) is 29.3 Å². The van der Waals surface area contributed by atoms with Crippen LogP contribution in [-0.4, -0.2) is 33.7 Å². The van der Waals surface area contributed by atoms with Gasteiger partial charge in [-0.3, -0.25) is 9.69 Å². The molecule has 1 fully saturated rings. The van der Waals surface area contributed by atoms with Crippen molar-refractivity contribution in [1.82, 2.24) is 14.7 Å². The molecule has 0 spiro atoms. The van der Waals surface area contributed by atoms with Gasteiger partial charge < -0.3 is 5.32 Å². The minimum atomic E-state index is 0.0186. The number of hydrogen-bond donors (Lipinski definition) is 1. The number of rotatable bonds is 5. The lowest BCUT2D eigenvalue weighted by molar-refractivity contribution is -0.117. The van der Waals surface area contributed by atoms with Gasteiger partial charge in [-0.15, -0.1) is 0 Å². The minimum absolute atomic E-state index is 0.0186. The molecule has 2 aromatic carbocycles. The summed E-state index contributed by atoms with van der Waals surface area (Å²) in [6, 6.07) is 17.0. The number of carbonyl (C=O) groups excluding carboxylic acids is 1. The number of carbonyl (C=O) groups is 1. The van der Waals surface area contributed by atoms with E-state index in [0.717, 1.165) is 42.1 Å². The third-order valence-electron chi connectivity index (χ3n) is 5.90. The maximum Gasteiger partial charge on any atom is 0.238 e. The van der Waals surface area contributed by atoms with Crippen LogP contribution in [0.2, 0.25) is 0 Å². The normalized spacial score (nSPS) is 16.7. The first-order chi connectivity index (χ1) is 14.4. The summed E-state index contributed by atoms with van der Waals surface area (Å²) in [4.78, 5) is 15.2. The quantitative estimate of drug-likeness (QED) is 0.662. The molecule has 2 heterocycles. The van der Waals surface area contributed by atoms with Crippen molar-refractivity contribution >= 4 is 11.6 Å². The third-order valence-corrected chi connectivity index (χ3v) is 5.90. The van der Waals surface area contributed by atoms with Gasteiger partial charge in [0.2, 0.25) is 5.91 Å². The number of nitrogens with one attached hydrogen (secondary N) is 1. The highest BCUT2D eigenvalue weighted by atomic mass is 16.2. The molecule has 1 unspecified atom stereocenters. The molecule has 1 saturated heterocycles. The van der Waals surface area contributed by atoms with Crippen molar-refractivity contribution in [2.24, 2.45) is 0 Å². The van der Waals surface area contributed by atoms with E-state index in [1.165, 1.54) is 16.7 Å². The number of nitrogens with zero attached hydrogens (tertiary/aromatic N) is 3. The highest BCUT2D eigenvalue weighted by molar-refractivity contribution is 5.93. The van der Waals surface area contributed by atoms with E-state index >= 15 is 0 Å². The Kier molecular flexibility index (Phi) is 5.73. The van der Waals surface area contributed by atoms with Crippen LogP contribution in [0.5, 0.6) is 0 Å². The van der Waals surface area contributed by atoms with Gasteiger partial charge in [0, 0.05) is 6.04 Å². The van der Waals surface area contributed by atoms with Crippen LogP contribution in [0.15, 0.2) is 48.5 Å². The average molecular weight is 403 g/mol. The van der Waals surface area contributed by atoms with Crippen molar-refractivity contribution in [2.45, 2.75) is 46.6 Å². The predicted molar refractivity (Wildman–Crippen MR) is 121 cm³/mol. The fraction of sp³-hybridized carbons (Fsp3) is 0.360. The summed E-state index contributed by atoms with van der Waals surface area (Å²) >= 11 is 0. The lowest BCUT2D eigenvalue weighted by Gasteiger charge is -2.25. The smallest absolute Gasteiger partial charge is 0.238 e. The zero-order valence-electron chi connectivity index (χ0n) is 18.3. The highest BCUT2D eigenvalue weighted by Gasteiger charge is 2.28. The number of aryl methyl sites for hydroxylation is 3. The predicted octanol–water partition coefficient (Wildman–Crippen LogP) is 4.88. The van der Waals surface area contributed by atoms with E-state index in [4.69, 9.17) is 0 Å². The Morgan fingerprint density at radius 1 is 1.07 bits per heavy atom. The fourth-order valence-electron chi connectivity index (χ4n) is 4.60. The van der Waals surface area contributed by atoms with Gasteiger partial charge in [0.15, 0.2) is 0 Å². The molecule has 1 aliphatic heterocycles. The Bertz CT molecular complexity index is 1030. The number of hydrogen-bond acceptors (Lipinski definition) is 3. The second-order valence-electron chi connectivity index (χ2n) is 8.39. The van der Waals surface area contributed by atoms with Crippen molar-refractivity contribution in [3.63, 3.8) is 0 Å². The summed E-state index contributed by atoms with van der Waals surface area (Å²) in [5, 5.41) is 7.76. The number of anilines is 1. The lowest BCUT2D eigenvalue weighted by atomic mass is 9.99. The molecule has 1 aliphatic rings. The summed E-state index contributed by atoms with van der Waals surface area (Å²) in [5.74, 6) is 0.0186. The van der Waals surface area contributed by atoms with Gasteiger partial charge in [-0.25, -0.2) is 4.68 Å². The van der Waals surface area contributed by atoms with Crippen molar-refractivity contribution in [1.29, 1.82) is 0 Å². The summed E-state index contributed by atoms with van der Waals surface area (Å²) in [6.45, 7) is 9.56. The number of para-hydroxylation sites is 1. The van der Waals surface area contributed by atoms with Crippen LogP contribution in [0.25, 0.3) is 5.69 Å². The first kappa shape index (κ1) is 20.4. The van der Waals surface area contributed by atoms with E-state index in [0.29, 0.717) is 12.6 Å². The Hall–Kier alpha value is -2.92. The van der Waals surface area contributed by atoms with Gasteiger partial charge in [0.25, 0.3) is 0 Å². The lowest BCUT2D eigenvalue weighted by Crippen LogP contribution is -2.33. The Balaban J connectivity index is 1.49. The van der Waals surface area contributed by atoms with Crippen LogP contribution >= 0.6 is 0 Å². The molecule has 0 bridgehead atoms. The van der Waals surface area contributed by atoms with Crippen LogP contribution < -0.4 is 5.32 Å². The molecular formula is C25H30N4O. The number of aromatic nitrogens is 2. The van der Waals surface area contributed by atoms with Crippen molar-refractivity contribution in [3.8, 4) is 5.69 Å². The van der Waals surface area contributed by atoms with Gasteiger partial charge in [0.1, 0.15) is 0 Å². The van der Waals surface area contributed by atoms with E-state index < -0.39 is 0 Å². The first-order valence-electron chi connectivity index (χ1n) is 10.7. The van der Waals surface area contributed by atoms with Crippen LogP contribution in [-0.2, 0) is 4.79 Å². The second kappa shape index (κ2) is 8.44. The summed E-state index contributed by atoms with van der Waals surface area (Å²) in [7, 11) is 0. The maximum absolute atomic E-state index is 12.9. The molecule has 156 valence electrons. The molecule has 30 heavy (non-hydrogen) atoms. The highest BCUT2D eigenvalue weighted by Crippen LogP contribution is 2.33. The first-order valence-corrected chi connectivity index (χ1v) is 10.7. The fourth-order valence-corrected chi connectivity index (χ4v) is 4.60. The molecule has 1 N–H and O–H groups in total. The Morgan fingerprint density at radius 2 is 1.77 bits per heavy atom. The van der Waals surface area contributed by atoms with Crippen molar-refractivity contribution in [2.75, 3.05) is 18.4 Å². The second-order valence-corrected chi connectivity index (χ2v) is 8.39. The molecule has 3 aromatic rings. The molecule has 1 amide bonds. The van der Waals surface area contributed by atoms with E-state index in [1.54, 1.807) is 0 Å². The molecule has 5 heteroatoms. The molecule has 0 radical (unpaired) electrons. The Morgan fingerprint density at radius 3 is 2.47 bits per heavy atom. The molecule has 1 aromatic heterocycles. The molecule has 0 saturated carbocycles. The van der Waals surface area contributed by atoms with E-state index in [2.05, 4.69) is 47.4 Å². The SMILES string of the molecule is Cc1cc(C)cc(C2CCCN2CC(=O)Nc2c(C)nn(-c3ccccc3)c2C)c1. The van der Waals surface area contributed by atoms with E-state index in [9.17, 15) is 4.79 Å². The number of amides is 1. The van der Waals surface area contributed by atoms with Crippen LogP contribution in [0.4, 0.5) is 5.69 Å². The van der Waals surface area contributed by atoms with Crippen molar-refractivity contribution < 1.29 is 4.79 Å². The standard InChI is InChI=1S/C25H30N4O/c1-17-13-18(2)15-21(14-17)23-11-8-12-28(23)16-24(30)26-25-19(3)27-29(20(25)4)22-9-6-5-7-10-22/h5-7,9-10,13-15,23H,8,11-12,16H2,1-4H3,(H,26,30). The summed E-state index contributed by atoms with van der Waals surface area (Å²) in [6.07, 6.45) is 2.22. The molecule has 1 atom stereocenters. The van der Waals surface area contributed by atoms with Crippen LogP contribution in [0.1, 0.15) is 47.0 Å². The summed E-state index contributed by atoms with van der Waals surface area (Å²) < 4.78 is 1.89. The third kappa shape index (κ3) is 4.17. The maximum atomic E-state index is 12.9. The monoisotopic (exact) mass is 402 g/mol. The van der Waals surface area contributed by atoms with E-state index in [-0.39, 0.29) is 5.91 Å². The van der Waals surface area contributed by atoms with Gasteiger partial charge in [-0.05, 0) is 64.8 Å². The summed E-state index contributed by atoms with van der Waals surface area (Å²) in [5.41, 5.74) is 7.46. The van der Waals surface area contributed by atoms with Gasteiger partial charge >= 0.3 is 0 Å². The van der Waals surface area contributed by atoms with Gasteiger partial charge in [-0.2, -0.15) is 5.10 Å². The molecule has 0 aliphatic carbocycles. The van der Waals surface area contributed by atoms with Crippen LogP contribution in [0.3, 0.4) is 0 Å².